The monoisotopic (exact) mass is 881 g/mol. The highest BCUT2D eigenvalue weighted by Crippen LogP contribution is 2.48. The number of allylic oxidation sites excluding steroid dienone is 1. The lowest BCUT2D eigenvalue weighted by Gasteiger charge is -2.21. The second-order valence-electron chi connectivity index (χ2n) is 18.2. The van der Waals surface area contributed by atoms with E-state index in [1.54, 1.807) is 0 Å². The summed E-state index contributed by atoms with van der Waals surface area (Å²) in [5.74, 6) is 0. The van der Waals surface area contributed by atoms with Crippen molar-refractivity contribution in [1.82, 2.24) is 0 Å². The van der Waals surface area contributed by atoms with Gasteiger partial charge in [-0.2, -0.15) is 0 Å². The molecule has 328 valence electrons. The number of aryl methyl sites for hydroxylation is 1. The Morgan fingerprint density at radius 1 is 0.304 bits per heavy atom. The summed E-state index contributed by atoms with van der Waals surface area (Å²) in [6.45, 7) is 10.8. The van der Waals surface area contributed by atoms with Crippen LogP contribution in [0.15, 0.2) is 254 Å². The van der Waals surface area contributed by atoms with E-state index in [1.165, 1.54) is 88.3 Å². The van der Waals surface area contributed by atoms with Gasteiger partial charge in [0.15, 0.2) is 0 Å². The van der Waals surface area contributed by atoms with Crippen molar-refractivity contribution in [3.63, 3.8) is 0 Å². The standard InChI is InChI=1S/C68H51N/c1-45(2)54-33-35-62-64(43-54)67(60-39-56(49-20-9-5-10-21-49)37-57(40-60)50-22-11-6-12-23-50)63-36-34-55(53-31-29-48(30-32-53)47(4)69-66-28-18-17-19-46(66)3)44-65(63)68(62)61-41-58(51-24-13-7-14-25-51)38-59(42-61)52-26-15-8-16-27-52/h5-44H,1H2,2-4H3. The molecule has 11 rings (SSSR count). The zero-order chi connectivity index (χ0) is 46.8. The lowest BCUT2D eigenvalue weighted by Crippen LogP contribution is -1.96. The zero-order valence-electron chi connectivity index (χ0n) is 39.2. The van der Waals surface area contributed by atoms with Crippen molar-refractivity contribution < 1.29 is 0 Å². The molecule has 0 radical (unpaired) electrons. The Morgan fingerprint density at radius 3 is 1.12 bits per heavy atom. The summed E-state index contributed by atoms with van der Waals surface area (Å²) in [7, 11) is 0. The molecule has 69 heavy (non-hydrogen) atoms. The van der Waals surface area contributed by atoms with Crippen LogP contribution < -0.4 is 0 Å². The van der Waals surface area contributed by atoms with Gasteiger partial charge in [-0.1, -0.05) is 200 Å². The maximum Gasteiger partial charge on any atom is 0.0662 e. The van der Waals surface area contributed by atoms with Gasteiger partial charge in [0, 0.05) is 5.71 Å². The average molecular weight is 882 g/mol. The van der Waals surface area contributed by atoms with Crippen molar-refractivity contribution in [3.05, 3.63) is 266 Å². The Kier molecular flexibility index (Phi) is 11.6. The minimum atomic E-state index is 0.988. The van der Waals surface area contributed by atoms with E-state index in [0.717, 1.165) is 44.8 Å². The van der Waals surface area contributed by atoms with Gasteiger partial charge in [-0.05, 0) is 191 Å². The summed E-state index contributed by atoms with van der Waals surface area (Å²) in [5.41, 5.74) is 22.9. The fourth-order valence-electron chi connectivity index (χ4n) is 9.87. The normalized spacial score (nSPS) is 11.6. The molecule has 11 aromatic carbocycles. The van der Waals surface area contributed by atoms with Gasteiger partial charge < -0.3 is 0 Å². The fourth-order valence-corrected chi connectivity index (χ4v) is 9.87. The molecule has 0 atom stereocenters. The molecule has 0 aromatic heterocycles. The van der Waals surface area contributed by atoms with E-state index >= 15 is 0 Å². The van der Waals surface area contributed by atoms with Crippen LogP contribution in [0.3, 0.4) is 0 Å². The molecule has 0 N–H and O–H groups in total. The predicted molar refractivity (Wildman–Crippen MR) is 297 cm³/mol. The van der Waals surface area contributed by atoms with Crippen molar-refractivity contribution in [2.45, 2.75) is 20.8 Å². The molecule has 0 aliphatic carbocycles. The molecule has 0 aliphatic heterocycles. The summed E-state index contributed by atoms with van der Waals surface area (Å²) in [4.78, 5) is 5.02. The van der Waals surface area contributed by atoms with Gasteiger partial charge in [0.2, 0.25) is 0 Å². The van der Waals surface area contributed by atoms with E-state index in [-0.39, 0.29) is 0 Å². The van der Waals surface area contributed by atoms with Crippen LogP contribution in [-0.4, -0.2) is 5.71 Å². The number of nitrogens with zero attached hydrogens (tertiary/aromatic N) is 1. The number of hydrogen-bond donors (Lipinski definition) is 0. The second-order valence-corrected chi connectivity index (χ2v) is 18.2. The molecule has 0 unspecified atom stereocenters. The topological polar surface area (TPSA) is 12.4 Å². The summed E-state index contributed by atoms with van der Waals surface area (Å²) in [5, 5.41) is 4.76. The highest BCUT2D eigenvalue weighted by atomic mass is 14.7. The summed E-state index contributed by atoms with van der Waals surface area (Å²) in [6.07, 6.45) is 0. The van der Waals surface area contributed by atoms with E-state index in [0.29, 0.717) is 0 Å². The lowest BCUT2D eigenvalue weighted by atomic mass is 9.82. The third kappa shape index (κ3) is 8.64. The van der Waals surface area contributed by atoms with Crippen molar-refractivity contribution in [3.8, 4) is 77.9 Å². The molecule has 0 heterocycles. The molecular formula is C68H51N. The predicted octanol–water partition coefficient (Wildman–Crippen LogP) is 19.1. The molecule has 0 fully saturated rings. The number of hydrogen-bond acceptors (Lipinski definition) is 1. The maximum absolute atomic E-state index is 5.02. The Bertz CT molecular complexity index is 3600. The first-order valence-electron chi connectivity index (χ1n) is 23.8. The molecule has 0 saturated heterocycles. The van der Waals surface area contributed by atoms with Gasteiger partial charge in [-0.25, -0.2) is 0 Å². The number of benzene rings is 11. The van der Waals surface area contributed by atoms with E-state index in [4.69, 9.17) is 4.99 Å². The molecule has 0 aliphatic rings. The van der Waals surface area contributed by atoms with Gasteiger partial charge >= 0.3 is 0 Å². The van der Waals surface area contributed by atoms with Crippen LogP contribution in [0.2, 0.25) is 0 Å². The molecule has 1 heteroatoms. The largest absolute Gasteiger partial charge is 0.253 e. The van der Waals surface area contributed by atoms with E-state index in [9.17, 15) is 0 Å². The molecule has 0 spiro atoms. The van der Waals surface area contributed by atoms with Crippen LogP contribution in [0.1, 0.15) is 30.5 Å². The number of fused-ring (bicyclic) bond motifs is 2. The molecule has 0 bridgehead atoms. The van der Waals surface area contributed by atoms with Crippen LogP contribution >= 0.6 is 0 Å². The first-order chi connectivity index (χ1) is 33.8. The maximum atomic E-state index is 5.02. The summed E-state index contributed by atoms with van der Waals surface area (Å²) >= 11 is 0. The Hall–Kier alpha value is -8.65. The minimum Gasteiger partial charge on any atom is -0.253 e. The van der Waals surface area contributed by atoms with Gasteiger partial charge in [0.25, 0.3) is 0 Å². The lowest BCUT2D eigenvalue weighted by molar-refractivity contribution is 1.38. The third-order valence-electron chi connectivity index (χ3n) is 13.5. The molecule has 0 saturated carbocycles. The SMILES string of the molecule is C=C(C)c1ccc2c(-c3cc(-c4ccccc4)cc(-c4ccccc4)c3)c3cc(-c4ccc(C(C)=Nc5ccccc5C)cc4)ccc3c(-c3cc(-c4ccccc4)cc(-c4ccccc4)c3)c2c1. The highest BCUT2D eigenvalue weighted by molar-refractivity contribution is 6.23. The van der Waals surface area contributed by atoms with Crippen LogP contribution in [0.25, 0.3) is 105 Å². The van der Waals surface area contributed by atoms with Gasteiger partial charge in [-0.15, -0.1) is 0 Å². The summed E-state index contributed by atoms with van der Waals surface area (Å²) in [6, 6.07) is 88.6. The fraction of sp³-hybridized carbons (Fsp3) is 0.0441. The Labute approximate surface area is 406 Å². The first-order valence-corrected chi connectivity index (χ1v) is 23.8. The number of para-hydroxylation sites is 1. The van der Waals surface area contributed by atoms with Gasteiger partial charge in [-0.3, -0.25) is 4.99 Å². The Balaban J connectivity index is 1.21. The van der Waals surface area contributed by atoms with Gasteiger partial charge in [0.1, 0.15) is 0 Å². The van der Waals surface area contributed by atoms with Crippen LogP contribution in [0.4, 0.5) is 5.69 Å². The van der Waals surface area contributed by atoms with E-state index in [2.05, 4.69) is 264 Å². The first kappa shape index (κ1) is 43.0. The molecular weight excluding hydrogens is 831 g/mol. The van der Waals surface area contributed by atoms with Crippen LogP contribution in [0, 0.1) is 6.92 Å². The smallest absolute Gasteiger partial charge is 0.0662 e. The van der Waals surface area contributed by atoms with Crippen molar-refractivity contribution in [2.75, 3.05) is 0 Å². The minimum absolute atomic E-state index is 0.988. The van der Waals surface area contributed by atoms with Crippen molar-refractivity contribution >= 4 is 38.5 Å². The highest BCUT2D eigenvalue weighted by Gasteiger charge is 2.21. The summed E-state index contributed by atoms with van der Waals surface area (Å²) < 4.78 is 0. The molecule has 1 nitrogen and oxygen atoms in total. The molecule has 0 amide bonds. The zero-order valence-corrected chi connectivity index (χ0v) is 39.2. The van der Waals surface area contributed by atoms with Crippen molar-refractivity contribution in [2.24, 2.45) is 4.99 Å². The van der Waals surface area contributed by atoms with E-state index in [1.807, 2.05) is 6.07 Å². The second kappa shape index (κ2) is 18.6. The van der Waals surface area contributed by atoms with Crippen LogP contribution in [-0.2, 0) is 0 Å². The number of rotatable bonds is 10. The van der Waals surface area contributed by atoms with Crippen molar-refractivity contribution in [1.29, 1.82) is 0 Å². The molecule has 11 aromatic rings. The Morgan fingerprint density at radius 2 is 0.667 bits per heavy atom. The average Bonchev–Trinajstić information content (AvgIpc) is 3.41. The quantitative estimate of drug-likeness (QED) is 0.0959. The van der Waals surface area contributed by atoms with Crippen LogP contribution in [0.5, 0.6) is 0 Å². The van der Waals surface area contributed by atoms with E-state index < -0.39 is 0 Å². The number of aliphatic imine (C=N–C) groups is 1. The third-order valence-corrected chi connectivity index (χ3v) is 13.5. The van der Waals surface area contributed by atoms with Gasteiger partial charge in [0.05, 0.1) is 5.69 Å².